The number of nitrogens with zero attached hydrogens (tertiary/aromatic N) is 7. The number of pyridine rings is 1. The van der Waals surface area contributed by atoms with Crippen LogP contribution < -0.4 is 0 Å². The first-order valence-electron chi connectivity index (χ1n) is 9.32. The Morgan fingerprint density at radius 3 is 2.50 bits per heavy atom. The second kappa shape index (κ2) is 7.78. The highest BCUT2D eigenvalue weighted by molar-refractivity contribution is 5.10. The van der Waals surface area contributed by atoms with E-state index in [-0.39, 0.29) is 0 Å². The van der Waals surface area contributed by atoms with Crippen molar-refractivity contribution in [1.29, 1.82) is 0 Å². The molecule has 0 atom stereocenters. The Labute approximate surface area is 153 Å². The second-order valence-electron chi connectivity index (χ2n) is 6.86. The van der Waals surface area contributed by atoms with Crippen molar-refractivity contribution >= 4 is 0 Å². The van der Waals surface area contributed by atoms with Crippen molar-refractivity contribution in [2.24, 2.45) is 0 Å². The number of rotatable bonds is 6. The van der Waals surface area contributed by atoms with Crippen molar-refractivity contribution in [3.05, 3.63) is 60.5 Å². The second-order valence-corrected chi connectivity index (χ2v) is 6.86. The predicted molar refractivity (Wildman–Crippen MR) is 98.5 cm³/mol. The highest BCUT2D eigenvalue weighted by Crippen LogP contribution is 2.28. The Morgan fingerprint density at radius 1 is 1.00 bits per heavy atom. The molecule has 3 aromatic rings. The summed E-state index contributed by atoms with van der Waals surface area (Å²) in [6.07, 6.45) is 11.6. The monoisotopic (exact) mass is 351 g/mol. The molecule has 0 unspecified atom stereocenters. The van der Waals surface area contributed by atoms with E-state index < -0.39 is 0 Å². The molecule has 7 nitrogen and oxygen atoms in total. The van der Waals surface area contributed by atoms with E-state index in [4.69, 9.17) is 0 Å². The van der Waals surface area contributed by atoms with Crippen LogP contribution in [0.25, 0.3) is 0 Å². The SMILES string of the molecule is CCn1c(Cn2ccnc2)nnc1C1CCN(Cc2ccncc2)CC1. The normalized spacial score (nSPS) is 16.2. The van der Waals surface area contributed by atoms with E-state index in [1.54, 1.807) is 6.20 Å². The smallest absolute Gasteiger partial charge is 0.153 e. The molecule has 1 saturated heterocycles. The van der Waals surface area contributed by atoms with Crippen molar-refractivity contribution in [2.45, 2.75) is 45.3 Å². The van der Waals surface area contributed by atoms with E-state index in [0.29, 0.717) is 5.92 Å². The van der Waals surface area contributed by atoms with Gasteiger partial charge in [-0.15, -0.1) is 10.2 Å². The highest BCUT2D eigenvalue weighted by atomic mass is 15.3. The van der Waals surface area contributed by atoms with Crippen LogP contribution in [-0.2, 0) is 19.6 Å². The molecule has 4 rings (SSSR count). The van der Waals surface area contributed by atoms with E-state index in [2.05, 4.69) is 48.7 Å². The van der Waals surface area contributed by atoms with Crippen molar-refractivity contribution < 1.29 is 0 Å². The van der Waals surface area contributed by atoms with Gasteiger partial charge in [-0.1, -0.05) is 0 Å². The van der Waals surface area contributed by atoms with Gasteiger partial charge in [0.15, 0.2) is 5.82 Å². The van der Waals surface area contributed by atoms with Crippen molar-refractivity contribution in [3.63, 3.8) is 0 Å². The van der Waals surface area contributed by atoms with Gasteiger partial charge in [0.05, 0.1) is 12.9 Å². The lowest BCUT2D eigenvalue weighted by Gasteiger charge is -2.31. The van der Waals surface area contributed by atoms with Crippen LogP contribution in [0, 0.1) is 0 Å². The molecule has 0 spiro atoms. The van der Waals surface area contributed by atoms with Crippen LogP contribution >= 0.6 is 0 Å². The Balaban J connectivity index is 1.40. The zero-order valence-corrected chi connectivity index (χ0v) is 15.2. The summed E-state index contributed by atoms with van der Waals surface area (Å²) in [5, 5.41) is 9.02. The summed E-state index contributed by atoms with van der Waals surface area (Å²) in [6, 6.07) is 4.20. The molecule has 0 aromatic carbocycles. The Bertz CT molecular complexity index is 802. The quantitative estimate of drug-likeness (QED) is 0.682. The van der Waals surface area contributed by atoms with Crippen molar-refractivity contribution in [3.8, 4) is 0 Å². The molecule has 0 amide bonds. The fourth-order valence-electron chi connectivity index (χ4n) is 3.75. The fourth-order valence-corrected chi connectivity index (χ4v) is 3.75. The summed E-state index contributed by atoms with van der Waals surface area (Å²) < 4.78 is 4.32. The van der Waals surface area contributed by atoms with Gasteiger partial charge in [-0.25, -0.2) is 4.98 Å². The number of hydrogen-bond donors (Lipinski definition) is 0. The van der Waals surface area contributed by atoms with Gasteiger partial charge in [0, 0.05) is 43.8 Å². The minimum Gasteiger partial charge on any atom is -0.330 e. The molecule has 1 aliphatic rings. The minimum absolute atomic E-state index is 0.493. The maximum Gasteiger partial charge on any atom is 0.153 e. The average molecular weight is 351 g/mol. The molecule has 7 heteroatoms. The van der Waals surface area contributed by atoms with Gasteiger partial charge in [0.2, 0.25) is 0 Å². The van der Waals surface area contributed by atoms with Crippen LogP contribution in [0.2, 0.25) is 0 Å². The number of hydrogen-bond acceptors (Lipinski definition) is 5. The van der Waals surface area contributed by atoms with Crippen LogP contribution in [-0.4, -0.2) is 47.3 Å². The minimum atomic E-state index is 0.493. The van der Waals surface area contributed by atoms with Gasteiger partial charge in [0.1, 0.15) is 5.82 Å². The van der Waals surface area contributed by atoms with Gasteiger partial charge in [-0.3, -0.25) is 9.88 Å². The first-order valence-corrected chi connectivity index (χ1v) is 9.32. The molecule has 1 fully saturated rings. The summed E-state index contributed by atoms with van der Waals surface area (Å²) in [4.78, 5) is 10.7. The number of piperidine rings is 1. The van der Waals surface area contributed by atoms with E-state index in [0.717, 1.165) is 57.2 Å². The van der Waals surface area contributed by atoms with E-state index in [1.807, 2.05) is 29.5 Å². The summed E-state index contributed by atoms with van der Waals surface area (Å²) in [5.41, 5.74) is 1.33. The molecule has 0 bridgehead atoms. The molecule has 0 radical (unpaired) electrons. The maximum atomic E-state index is 4.55. The lowest BCUT2D eigenvalue weighted by Crippen LogP contribution is -2.33. The molecule has 0 aliphatic carbocycles. The summed E-state index contributed by atoms with van der Waals surface area (Å²) in [5.74, 6) is 2.65. The van der Waals surface area contributed by atoms with Crippen LogP contribution in [0.1, 0.15) is 42.9 Å². The van der Waals surface area contributed by atoms with Gasteiger partial charge in [-0.05, 0) is 50.6 Å². The van der Waals surface area contributed by atoms with E-state index >= 15 is 0 Å². The fraction of sp³-hybridized carbons (Fsp3) is 0.474. The van der Waals surface area contributed by atoms with Crippen molar-refractivity contribution in [2.75, 3.05) is 13.1 Å². The van der Waals surface area contributed by atoms with Gasteiger partial charge < -0.3 is 9.13 Å². The molecule has 3 aromatic heterocycles. The summed E-state index contributed by atoms with van der Waals surface area (Å²) in [6.45, 7) is 7.00. The number of aromatic nitrogens is 6. The molecular formula is C19H25N7. The zero-order valence-electron chi connectivity index (χ0n) is 15.2. The summed E-state index contributed by atoms with van der Waals surface area (Å²) >= 11 is 0. The molecule has 136 valence electrons. The largest absolute Gasteiger partial charge is 0.330 e. The highest BCUT2D eigenvalue weighted by Gasteiger charge is 2.25. The predicted octanol–water partition coefficient (Wildman–Crippen LogP) is 2.32. The Kier molecular flexibility index (Phi) is 5.06. The topological polar surface area (TPSA) is 64.7 Å². The maximum absolute atomic E-state index is 4.55. The number of likely N-dealkylation sites (tertiary alicyclic amines) is 1. The van der Waals surface area contributed by atoms with Crippen LogP contribution in [0.4, 0.5) is 0 Å². The first kappa shape index (κ1) is 16.9. The lowest BCUT2D eigenvalue weighted by molar-refractivity contribution is 0.200. The average Bonchev–Trinajstić information content (AvgIpc) is 3.33. The first-order chi connectivity index (χ1) is 12.8. The van der Waals surface area contributed by atoms with Gasteiger partial charge >= 0.3 is 0 Å². The zero-order chi connectivity index (χ0) is 17.8. The van der Waals surface area contributed by atoms with Crippen molar-refractivity contribution in [1.82, 2.24) is 34.2 Å². The van der Waals surface area contributed by atoms with Crippen LogP contribution in [0.3, 0.4) is 0 Å². The Hall–Kier alpha value is -2.54. The van der Waals surface area contributed by atoms with Crippen LogP contribution in [0.15, 0.2) is 43.2 Å². The third kappa shape index (κ3) is 3.67. The van der Waals surface area contributed by atoms with E-state index in [9.17, 15) is 0 Å². The van der Waals surface area contributed by atoms with E-state index in [1.165, 1.54) is 5.56 Å². The van der Waals surface area contributed by atoms with Gasteiger partial charge in [0.25, 0.3) is 0 Å². The molecule has 1 aliphatic heterocycles. The summed E-state index contributed by atoms with van der Waals surface area (Å²) in [7, 11) is 0. The van der Waals surface area contributed by atoms with Gasteiger partial charge in [-0.2, -0.15) is 0 Å². The third-order valence-corrected chi connectivity index (χ3v) is 5.16. The molecule has 4 heterocycles. The lowest BCUT2D eigenvalue weighted by atomic mass is 9.95. The molecule has 26 heavy (non-hydrogen) atoms. The third-order valence-electron chi connectivity index (χ3n) is 5.16. The molecular weight excluding hydrogens is 326 g/mol. The Morgan fingerprint density at radius 2 is 1.81 bits per heavy atom. The molecule has 0 N–H and O–H groups in total. The van der Waals surface area contributed by atoms with Crippen LogP contribution in [0.5, 0.6) is 0 Å². The standard InChI is InChI=1S/C19H25N7/c1-2-26-18(14-25-12-9-21-15-25)22-23-19(26)17-5-10-24(11-6-17)13-16-3-7-20-8-4-16/h3-4,7-9,12,15,17H,2,5-6,10-11,13-14H2,1H3. The molecule has 0 saturated carbocycles. The number of imidazole rings is 1.